The zero-order valence-electron chi connectivity index (χ0n) is 10.7. The van der Waals surface area contributed by atoms with E-state index in [9.17, 15) is 0 Å². The van der Waals surface area contributed by atoms with E-state index in [0.29, 0.717) is 6.61 Å². The summed E-state index contributed by atoms with van der Waals surface area (Å²) < 4.78 is 5.09. The summed E-state index contributed by atoms with van der Waals surface area (Å²) in [6, 6.07) is 0. The number of nitrogens with two attached hydrogens (primary N) is 1. The average Bonchev–Trinajstić information content (AvgIpc) is 2.31. The van der Waals surface area contributed by atoms with E-state index in [1.807, 2.05) is 0 Å². The van der Waals surface area contributed by atoms with Gasteiger partial charge in [0.05, 0.1) is 6.61 Å². The molecule has 0 saturated heterocycles. The maximum absolute atomic E-state index is 8.67. The molecule has 0 fully saturated rings. The first-order chi connectivity index (χ1) is 7.85. The van der Waals surface area contributed by atoms with Crippen LogP contribution in [0.3, 0.4) is 0 Å². The van der Waals surface area contributed by atoms with Gasteiger partial charge in [-0.15, -0.1) is 0 Å². The molecule has 0 aromatic heterocycles. The van der Waals surface area contributed by atoms with Gasteiger partial charge in [0.15, 0.2) is 0 Å². The van der Waals surface area contributed by atoms with Crippen LogP contribution in [0, 0.1) is 0 Å². The summed E-state index contributed by atoms with van der Waals surface area (Å²) in [6.07, 6.45) is 5.52. The number of nitrogens with zero attached hydrogens (tertiary/aromatic N) is 1. The van der Waals surface area contributed by atoms with E-state index in [-0.39, 0.29) is 0 Å². The zero-order valence-corrected chi connectivity index (χ0v) is 10.7. The largest absolute Gasteiger partial charge is 0.396 e. The molecule has 0 unspecified atom stereocenters. The molecule has 0 aromatic rings. The predicted octanol–water partition coefficient (Wildman–Crippen LogP) is 0.836. The second-order valence-corrected chi connectivity index (χ2v) is 4.11. The molecule has 0 radical (unpaired) electrons. The molecular weight excluding hydrogens is 204 g/mol. The fraction of sp³-hybridized carbons (Fsp3) is 1.00. The number of methoxy groups -OCH3 is 1. The number of aliphatic hydroxyl groups excluding tert-OH is 1. The van der Waals surface area contributed by atoms with Gasteiger partial charge in [-0.3, -0.25) is 0 Å². The van der Waals surface area contributed by atoms with Gasteiger partial charge in [0.1, 0.15) is 0 Å². The van der Waals surface area contributed by atoms with Crippen LogP contribution in [0.2, 0.25) is 0 Å². The van der Waals surface area contributed by atoms with Crippen molar-refractivity contribution in [1.29, 1.82) is 0 Å². The van der Waals surface area contributed by atoms with Gasteiger partial charge in [0, 0.05) is 20.3 Å². The van der Waals surface area contributed by atoms with Gasteiger partial charge in [-0.05, 0) is 38.9 Å². The molecule has 0 amide bonds. The third-order valence-electron chi connectivity index (χ3n) is 2.67. The van der Waals surface area contributed by atoms with Crippen LogP contribution in [-0.4, -0.2) is 56.5 Å². The van der Waals surface area contributed by atoms with Crippen molar-refractivity contribution in [2.75, 3.05) is 46.5 Å². The Bertz CT molecular complexity index is 126. The third kappa shape index (κ3) is 10.4. The van der Waals surface area contributed by atoms with Crippen molar-refractivity contribution in [3.63, 3.8) is 0 Å². The highest BCUT2D eigenvalue weighted by molar-refractivity contribution is 4.58. The molecule has 0 bridgehead atoms. The van der Waals surface area contributed by atoms with Crippen molar-refractivity contribution in [3.8, 4) is 0 Å². The average molecular weight is 232 g/mol. The minimum Gasteiger partial charge on any atom is -0.396 e. The van der Waals surface area contributed by atoms with Gasteiger partial charge in [-0.25, -0.2) is 0 Å². The first-order valence-corrected chi connectivity index (χ1v) is 6.37. The summed E-state index contributed by atoms with van der Waals surface area (Å²) in [5.41, 5.74) is 5.51. The van der Waals surface area contributed by atoms with Gasteiger partial charge in [-0.1, -0.05) is 12.8 Å². The molecule has 3 N–H and O–H groups in total. The highest BCUT2D eigenvalue weighted by atomic mass is 16.5. The lowest BCUT2D eigenvalue weighted by Gasteiger charge is -2.21. The van der Waals surface area contributed by atoms with Crippen LogP contribution in [0.1, 0.15) is 32.1 Å². The topological polar surface area (TPSA) is 58.7 Å². The quantitative estimate of drug-likeness (QED) is 0.490. The molecular formula is C12H28N2O2. The molecule has 0 heterocycles. The molecule has 0 atom stereocenters. The number of aliphatic hydroxyl groups is 1. The number of hydrogen-bond donors (Lipinski definition) is 2. The molecule has 0 saturated carbocycles. The van der Waals surface area contributed by atoms with Gasteiger partial charge >= 0.3 is 0 Å². The fourth-order valence-corrected chi connectivity index (χ4v) is 1.67. The molecule has 0 aliphatic rings. The molecule has 98 valence electrons. The summed E-state index contributed by atoms with van der Waals surface area (Å²) >= 11 is 0. The first kappa shape index (κ1) is 15.8. The highest BCUT2D eigenvalue weighted by Gasteiger charge is 2.03. The Balaban J connectivity index is 3.48. The van der Waals surface area contributed by atoms with Crippen LogP contribution in [0.4, 0.5) is 0 Å². The predicted molar refractivity (Wildman–Crippen MR) is 67.5 cm³/mol. The van der Waals surface area contributed by atoms with Crippen LogP contribution < -0.4 is 5.73 Å². The van der Waals surface area contributed by atoms with E-state index in [0.717, 1.165) is 52.0 Å². The van der Waals surface area contributed by atoms with Gasteiger partial charge in [0.25, 0.3) is 0 Å². The monoisotopic (exact) mass is 232 g/mol. The number of unbranched alkanes of at least 4 members (excludes halogenated alkanes) is 3. The van der Waals surface area contributed by atoms with Crippen molar-refractivity contribution in [2.45, 2.75) is 32.1 Å². The van der Waals surface area contributed by atoms with Gasteiger partial charge in [0.2, 0.25) is 0 Å². The number of rotatable bonds is 12. The van der Waals surface area contributed by atoms with Crippen molar-refractivity contribution < 1.29 is 9.84 Å². The Morgan fingerprint density at radius 3 is 2.31 bits per heavy atom. The van der Waals surface area contributed by atoms with Crippen LogP contribution >= 0.6 is 0 Å². The molecule has 16 heavy (non-hydrogen) atoms. The summed E-state index contributed by atoms with van der Waals surface area (Å²) in [5.74, 6) is 0. The van der Waals surface area contributed by atoms with Crippen LogP contribution in [0.5, 0.6) is 0 Å². The first-order valence-electron chi connectivity index (χ1n) is 6.37. The van der Waals surface area contributed by atoms with Crippen LogP contribution in [0.25, 0.3) is 0 Å². The smallest absolute Gasteiger partial charge is 0.0589 e. The van der Waals surface area contributed by atoms with Crippen LogP contribution in [0.15, 0.2) is 0 Å². The van der Waals surface area contributed by atoms with E-state index in [4.69, 9.17) is 15.6 Å². The van der Waals surface area contributed by atoms with E-state index in [2.05, 4.69) is 4.90 Å². The molecule has 0 spiro atoms. The molecule has 0 aliphatic heterocycles. The summed E-state index contributed by atoms with van der Waals surface area (Å²) in [4.78, 5) is 2.41. The minimum absolute atomic E-state index is 0.320. The number of hydrogen-bond acceptors (Lipinski definition) is 4. The second-order valence-electron chi connectivity index (χ2n) is 4.11. The fourth-order valence-electron chi connectivity index (χ4n) is 1.67. The molecule has 0 aromatic carbocycles. The lowest BCUT2D eigenvalue weighted by molar-refractivity contribution is 0.145. The van der Waals surface area contributed by atoms with E-state index in [1.54, 1.807) is 7.11 Å². The minimum atomic E-state index is 0.320. The molecule has 0 aliphatic carbocycles. The maximum atomic E-state index is 8.67. The number of ether oxygens (including phenoxy) is 1. The van der Waals surface area contributed by atoms with Crippen molar-refractivity contribution in [1.82, 2.24) is 4.90 Å². The molecule has 4 heteroatoms. The third-order valence-corrected chi connectivity index (χ3v) is 2.67. The Morgan fingerprint density at radius 1 is 1.00 bits per heavy atom. The molecule has 0 rings (SSSR count). The highest BCUT2D eigenvalue weighted by Crippen LogP contribution is 2.02. The van der Waals surface area contributed by atoms with Gasteiger partial charge < -0.3 is 20.5 Å². The lowest BCUT2D eigenvalue weighted by atomic mass is 10.2. The Labute approximate surface area is 99.8 Å². The summed E-state index contributed by atoms with van der Waals surface area (Å²) in [7, 11) is 1.74. The second kappa shape index (κ2) is 12.9. The summed E-state index contributed by atoms with van der Waals surface area (Å²) in [5, 5.41) is 8.67. The Morgan fingerprint density at radius 2 is 1.69 bits per heavy atom. The van der Waals surface area contributed by atoms with E-state index in [1.165, 1.54) is 12.8 Å². The summed E-state index contributed by atoms with van der Waals surface area (Å²) in [6.45, 7) is 5.06. The van der Waals surface area contributed by atoms with Crippen molar-refractivity contribution in [3.05, 3.63) is 0 Å². The van der Waals surface area contributed by atoms with E-state index < -0.39 is 0 Å². The van der Waals surface area contributed by atoms with Crippen molar-refractivity contribution >= 4 is 0 Å². The van der Waals surface area contributed by atoms with Crippen LogP contribution in [-0.2, 0) is 4.74 Å². The lowest BCUT2D eigenvalue weighted by Crippen LogP contribution is -2.30. The van der Waals surface area contributed by atoms with E-state index >= 15 is 0 Å². The SMILES string of the molecule is COCCN(CCCN)CCCCCCO. The normalized spacial score (nSPS) is 11.2. The molecule has 4 nitrogen and oxygen atoms in total. The van der Waals surface area contributed by atoms with Gasteiger partial charge in [-0.2, -0.15) is 0 Å². The standard InChI is InChI=1S/C12H28N2O2/c1-16-12-10-14(9-6-7-13)8-4-2-3-5-11-15/h15H,2-13H2,1H3. The Kier molecular flexibility index (Phi) is 12.8. The van der Waals surface area contributed by atoms with Crippen molar-refractivity contribution in [2.24, 2.45) is 5.73 Å². The maximum Gasteiger partial charge on any atom is 0.0589 e. The Hall–Kier alpha value is -0.160. The zero-order chi connectivity index (χ0) is 12.1.